The molecule has 3 heterocycles. The Morgan fingerprint density at radius 1 is 0.844 bits per heavy atom. The zero-order chi connectivity index (χ0) is 22.1. The summed E-state index contributed by atoms with van der Waals surface area (Å²) < 4.78 is 13.6. The molecule has 5 rings (SSSR count). The van der Waals surface area contributed by atoms with Crippen molar-refractivity contribution in [2.45, 2.75) is 82.2 Å². The molecule has 4 fully saturated rings. The first-order chi connectivity index (χ1) is 15.6. The molecule has 2 unspecified atom stereocenters. The van der Waals surface area contributed by atoms with Gasteiger partial charge in [-0.2, -0.15) is 0 Å². The Hall–Kier alpha value is -1.95. The van der Waals surface area contributed by atoms with Gasteiger partial charge in [-0.25, -0.2) is 4.39 Å². The number of piperidine rings is 1. The Kier molecular flexibility index (Phi) is 6.24. The highest BCUT2D eigenvalue weighted by atomic mass is 19.1. The summed E-state index contributed by atoms with van der Waals surface area (Å²) in [6.45, 7) is 2.47. The first kappa shape index (κ1) is 21.9. The lowest BCUT2D eigenvalue weighted by atomic mass is 9.74. The normalized spacial score (nSPS) is 29.8. The zero-order valence-electron chi connectivity index (χ0n) is 19.0. The predicted octanol–water partition coefficient (Wildman–Crippen LogP) is 4.26. The van der Waals surface area contributed by atoms with Crippen LogP contribution in [0.1, 0.15) is 70.6 Å². The molecular weight excluding hydrogens is 405 g/mol. The van der Waals surface area contributed by atoms with E-state index in [1.807, 2.05) is 0 Å². The highest BCUT2D eigenvalue weighted by Crippen LogP contribution is 2.50. The van der Waals surface area contributed by atoms with E-state index in [1.165, 1.54) is 69.9 Å². The average molecular weight is 442 g/mol. The molecule has 2 amide bonds. The molecule has 3 aliphatic heterocycles. The fraction of sp³-hybridized carbons (Fsp3) is 0.692. The summed E-state index contributed by atoms with van der Waals surface area (Å²) in [5, 5.41) is 2.60. The van der Waals surface area contributed by atoms with Gasteiger partial charge in [-0.3, -0.25) is 14.9 Å². The van der Waals surface area contributed by atoms with Gasteiger partial charge in [0.25, 0.3) is 0 Å². The van der Waals surface area contributed by atoms with Crippen LogP contribution in [0.5, 0.6) is 0 Å². The second kappa shape index (κ2) is 9.12. The van der Waals surface area contributed by atoms with E-state index in [2.05, 4.69) is 15.1 Å². The number of amides is 2. The van der Waals surface area contributed by atoms with Crippen LogP contribution >= 0.6 is 0 Å². The minimum atomic E-state index is -0.356. The molecule has 1 spiro atoms. The van der Waals surface area contributed by atoms with Crippen molar-refractivity contribution in [1.82, 2.24) is 10.2 Å². The van der Waals surface area contributed by atoms with Crippen LogP contribution in [0.25, 0.3) is 0 Å². The van der Waals surface area contributed by atoms with Crippen molar-refractivity contribution in [3.63, 3.8) is 0 Å². The number of hydrogen-bond donors (Lipinski definition) is 1. The van der Waals surface area contributed by atoms with Crippen LogP contribution in [0.3, 0.4) is 0 Å². The number of anilines is 1. The fourth-order valence-corrected chi connectivity index (χ4v) is 6.97. The van der Waals surface area contributed by atoms with Crippen molar-refractivity contribution in [3.8, 4) is 0 Å². The van der Waals surface area contributed by atoms with Crippen LogP contribution in [-0.2, 0) is 9.59 Å². The van der Waals surface area contributed by atoms with Gasteiger partial charge in [0.2, 0.25) is 11.8 Å². The number of rotatable bonds is 2. The lowest BCUT2D eigenvalue weighted by molar-refractivity contribution is -0.127. The van der Waals surface area contributed by atoms with Crippen LogP contribution in [0.2, 0.25) is 0 Å². The molecule has 0 aromatic heterocycles. The summed E-state index contributed by atoms with van der Waals surface area (Å²) in [4.78, 5) is 30.3. The van der Waals surface area contributed by atoms with E-state index in [0.717, 1.165) is 31.6 Å². The lowest BCUT2D eigenvalue weighted by Gasteiger charge is -2.49. The van der Waals surface area contributed by atoms with Crippen molar-refractivity contribution in [3.05, 3.63) is 30.1 Å². The Morgan fingerprint density at radius 3 is 2.06 bits per heavy atom. The first-order valence-electron chi connectivity index (χ1n) is 12.7. The van der Waals surface area contributed by atoms with E-state index >= 15 is 0 Å². The minimum Gasteiger partial charge on any atom is -0.364 e. The fourth-order valence-electron chi connectivity index (χ4n) is 6.97. The molecule has 6 heteroatoms. The Balaban J connectivity index is 1.36. The molecule has 0 bridgehead atoms. The van der Waals surface area contributed by atoms with E-state index in [1.54, 1.807) is 12.1 Å². The number of hydrogen-bond acceptors (Lipinski definition) is 4. The topological polar surface area (TPSA) is 52.7 Å². The number of imide groups is 1. The highest BCUT2D eigenvalue weighted by Gasteiger charge is 2.62. The van der Waals surface area contributed by atoms with Crippen molar-refractivity contribution in [2.75, 3.05) is 24.5 Å². The van der Waals surface area contributed by atoms with Crippen LogP contribution < -0.4 is 10.2 Å². The predicted molar refractivity (Wildman–Crippen MR) is 123 cm³/mol. The maximum atomic E-state index is 13.6. The Morgan fingerprint density at radius 2 is 1.44 bits per heavy atom. The molecule has 1 aliphatic carbocycles. The van der Waals surface area contributed by atoms with Crippen molar-refractivity contribution < 1.29 is 14.0 Å². The summed E-state index contributed by atoms with van der Waals surface area (Å²) in [7, 11) is 0. The number of nitrogens with one attached hydrogen (secondary N) is 1. The Bertz CT molecular complexity index is 824. The Labute approximate surface area is 190 Å². The first-order valence-corrected chi connectivity index (χ1v) is 12.7. The summed E-state index contributed by atoms with van der Waals surface area (Å²) in [5.41, 5.74) is 0.569. The maximum Gasteiger partial charge on any atom is 0.232 e. The van der Waals surface area contributed by atoms with Gasteiger partial charge in [0.1, 0.15) is 5.82 Å². The summed E-state index contributed by atoms with van der Waals surface area (Å²) in [5.74, 6) is -1.11. The molecule has 1 aromatic carbocycles. The van der Waals surface area contributed by atoms with Crippen LogP contribution in [0, 0.1) is 17.7 Å². The van der Waals surface area contributed by atoms with Crippen molar-refractivity contribution in [1.29, 1.82) is 0 Å². The summed E-state index contributed by atoms with van der Waals surface area (Å²) in [6.07, 6.45) is 13.8. The molecule has 3 saturated heterocycles. The van der Waals surface area contributed by atoms with Crippen LogP contribution in [-0.4, -0.2) is 47.9 Å². The smallest absolute Gasteiger partial charge is 0.232 e. The van der Waals surface area contributed by atoms with E-state index in [4.69, 9.17) is 0 Å². The SMILES string of the molecule is O=C1NC(=O)C2C1CN(c1ccc(F)cc1)C21CCN(C2CCCCCCCCC2)CC1. The van der Waals surface area contributed by atoms with Gasteiger partial charge in [0, 0.05) is 31.4 Å². The van der Waals surface area contributed by atoms with Crippen molar-refractivity contribution in [2.24, 2.45) is 11.8 Å². The average Bonchev–Trinajstić information content (AvgIpc) is 3.28. The molecule has 1 N–H and O–H groups in total. The van der Waals surface area contributed by atoms with E-state index in [-0.39, 0.29) is 35.0 Å². The van der Waals surface area contributed by atoms with Crippen LogP contribution in [0.4, 0.5) is 10.1 Å². The number of carbonyl (C=O) groups excluding carboxylic acids is 2. The molecule has 2 atom stereocenters. The largest absolute Gasteiger partial charge is 0.364 e. The highest BCUT2D eigenvalue weighted by molar-refractivity contribution is 6.07. The summed E-state index contributed by atoms with van der Waals surface area (Å²) >= 11 is 0. The monoisotopic (exact) mass is 441 g/mol. The summed E-state index contributed by atoms with van der Waals surface area (Å²) in [6, 6.07) is 7.20. The van der Waals surface area contributed by atoms with Gasteiger partial charge in [-0.15, -0.1) is 0 Å². The quantitative estimate of drug-likeness (QED) is 0.697. The number of halogens is 1. The molecular formula is C26H36FN3O2. The van der Waals surface area contributed by atoms with Crippen LogP contribution in [0.15, 0.2) is 24.3 Å². The molecule has 1 aromatic rings. The maximum absolute atomic E-state index is 13.6. The number of carbonyl (C=O) groups is 2. The van der Waals surface area contributed by atoms with Gasteiger partial charge < -0.3 is 9.80 Å². The van der Waals surface area contributed by atoms with Gasteiger partial charge >= 0.3 is 0 Å². The van der Waals surface area contributed by atoms with Crippen molar-refractivity contribution >= 4 is 17.5 Å². The molecule has 1 saturated carbocycles. The second-order valence-corrected chi connectivity index (χ2v) is 10.4. The van der Waals surface area contributed by atoms with Gasteiger partial charge in [-0.1, -0.05) is 44.9 Å². The van der Waals surface area contributed by atoms with Gasteiger partial charge in [0.15, 0.2) is 0 Å². The second-order valence-electron chi connectivity index (χ2n) is 10.4. The molecule has 32 heavy (non-hydrogen) atoms. The molecule has 0 radical (unpaired) electrons. The third kappa shape index (κ3) is 3.95. The van der Waals surface area contributed by atoms with E-state index in [0.29, 0.717) is 12.6 Å². The zero-order valence-corrected chi connectivity index (χ0v) is 19.0. The minimum absolute atomic E-state index is 0.114. The number of nitrogens with zero attached hydrogens (tertiary/aromatic N) is 2. The van der Waals surface area contributed by atoms with Gasteiger partial charge in [0.05, 0.1) is 17.4 Å². The third-order valence-corrected chi connectivity index (χ3v) is 8.66. The number of likely N-dealkylation sites (tertiary alicyclic amines) is 1. The molecule has 174 valence electrons. The van der Waals surface area contributed by atoms with E-state index < -0.39 is 0 Å². The number of benzene rings is 1. The standard InChI is InChI=1S/C26H36FN3O2/c27-19-10-12-21(13-11-19)30-18-22-23(25(32)28-24(22)31)26(30)14-16-29(17-15-26)20-8-6-4-2-1-3-5-7-9-20/h10-13,20,22-23H,1-9,14-18H2,(H,28,31,32). The van der Waals surface area contributed by atoms with Gasteiger partial charge in [-0.05, 0) is 49.9 Å². The molecule has 5 nitrogen and oxygen atoms in total. The number of fused-ring (bicyclic) bond motifs is 2. The lowest BCUT2D eigenvalue weighted by Crippen LogP contribution is -2.58. The third-order valence-electron chi connectivity index (χ3n) is 8.66. The van der Waals surface area contributed by atoms with E-state index in [9.17, 15) is 14.0 Å². The molecule has 4 aliphatic rings.